The van der Waals surface area contributed by atoms with E-state index < -0.39 is 0 Å². The number of aliphatic imine (C=N–C) groups is 1. The third kappa shape index (κ3) is 5.58. The number of hydrogen-bond donors (Lipinski definition) is 3. The van der Waals surface area contributed by atoms with Gasteiger partial charge >= 0.3 is 0 Å². The average Bonchev–Trinajstić information content (AvgIpc) is 3.21. The van der Waals surface area contributed by atoms with Gasteiger partial charge in [0.05, 0.1) is 5.52 Å². The summed E-state index contributed by atoms with van der Waals surface area (Å²) in [6.45, 7) is 3.34. The highest BCUT2D eigenvalue weighted by Crippen LogP contribution is 2.40. The van der Waals surface area contributed by atoms with Crippen molar-refractivity contribution >= 4 is 22.7 Å². The van der Waals surface area contributed by atoms with Crippen molar-refractivity contribution in [2.45, 2.75) is 32.1 Å². The summed E-state index contributed by atoms with van der Waals surface area (Å²) in [5.41, 5.74) is 1.36. The summed E-state index contributed by atoms with van der Waals surface area (Å²) in [5, 5.41) is 11.4. The van der Waals surface area contributed by atoms with Crippen molar-refractivity contribution in [3.8, 4) is 0 Å². The van der Waals surface area contributed by atoms with Crippen LogP contribution >= 0.6 is 0 Å². The Kier molecular flexibility index (Phi) is 7.48. The summed E-state index contributed by atoms with van der Waals surface area (Å²) < 4.78 is 5.32. The second-order valence-electron chi connectivity index (χ2n) is 7.62. The summed E-state index contributed by atoms with van der Waals surface area (Å²) in [5.74, 6) is 1.75. The van der Waals surface area contributed by atoms with Gasteiger partial charge in [0.25, 0.3) is 0 Å². The summed E-state index contributed by atoms with van der Waals surface area (Å²) in [6, 6.07) is 12.3. The third-order valence-corrected chi connectivity index (χ3v) is 5.68. The standard InChI is InChI=1S/C22H33N5O/c1-23-21(26-17-22(13-16-28-2)11-5-6-12-22)25-15-14-24-20-10-9-18-7-3-4-8-19(18)27-20/h3-4,7-10H,5-6,11-17H2,1-2H3,(H,24,27)(H2,23,25,26). The van der Waals surface area contributed by atoms with Crippen molar-refractivity contribution in [2.75, 3.05) is 45.7 Å². The summed E-state index contributed by atoms with van der Waals surface area (Å²) in [7, 11) is 3.61. The number of aromatic nitrogens is 1. The number of anilines is 1. The molecule has 0 unspecified atom stereocenters. The van der Waals surface area contributed by atoms with Crippen LogP contribution in [0.4, 0.5) is 5.82 Å². The second kappa shape index (κ2) is 10.3. The molecule has 0 bridgehead atoms. The summed E-state index contributed by atoms with van der Waals surface area (Å²) >= 11 is 0. The van der Waals surface area contributed by atoms with E-state index in [1.54, 1.807) is 7.11 Å². The average molecular weight is 384 g/mol. The molecule has 3 N–H and O–H groups in total. The van der Waals surface area contributed by atoms with Gasteiger partial charge in [-0.2, -0.15) is 0 Å². The number of hydrogen-bond acceptors (Lipinski definition) is 4. The van der Waals surface area contributed by atoms with Crippen molar-refractivity contribution in [3.63, 3.8) is 0 Å². The van der Waals surface area contributed by atoms with Crippen LogP contribution in [0.15, 0.2) is 41.4 Å². The lowest BCUT2D eigenvalue weighted by Crippen LogP contribution is -2.44. The fraction of sp³-hybridized carbons (Fsp3) is 0.545. The molecule has 6 heteroatoms. The van der Waals surface area contributed by atoms with Gasteiger partial charge in [0.2, 0.25) is 0 Å². The van der Waals surface area contributed by atoms with Gasteiger partial charge < -0.3 is 20.7 Å². The lowest BCUT2D eigenvalue weighted by atomic mass is 9.83. The molecule has 0 atom stereocenters. The van der Waals surface area contributed by atoms with E-state index in [2.05, 4.69) is 38.1 Å². The van der Waals surface area contributed by atoms with Crippen LogP contribution < -0.4 is 16.0 Å². The second-order valence-corrected chi connectivity index (χ2v) is 7.62. The van der Waals surface area contributed by atoms with Crippen LogP contribution in [-0.2, 0) is 4.74 Å². The number of ether oxygens (including phenoxy) is 1. The predicted molar refractivity (Wildman–Crippen MR) is 117 cm³/mol. The fourth-order valence-corrected chi connectivity index (χ4v) is 3.99. The van der Waals surface area contributed by atoms with Gasteiger partial charge in [-0.25, -0.2) is 4.98 Å². The minimum atomic E-state index is 0.348. The van der Waals surface area contributed by atoms with Crippen molar-refractivity contribution < 1.29 is 4.74 Å². The fourth-order valence-electron chi connectivity index (χ4n) is 3.99. The van der Waals surface area contributed by atoms with Crippen LogP contribution in [0.2, 0.25) is 0 Å². The zero-order valence-electron chi connectivity index (χ0n) is 17.1. The third-order valence-electron chi connectivity index (χ3n) is 5.68. The Morgan fingerprint density at radius 3 is 2.71 bits per heavy atom. The van der Waals surface area contributed by atoms with Crippen LogP contribution in [-0.4, -0.2) is 51.3 Å². The minimum absolute atomic E-state index is 0.348. The molecule has 0 aliphatic heterocycles. The lowest BCUT2D eigenvalue weighted by molar-refractivity contribution is 0.138. The van der Waals surface area contributed by atoms with Crippen molar-refractivity contribution in [2.24, 2.45) is 10.4 Å². The number of nitrogens with one attached hydrogen (secondary N) is 3. The van der Waals surface area contributed by atoms with E-state index in [-0.39, 0.29) is 0 Å². The molecular formula is C22H33N5O. The SMILES string of the molecule is CN=C(NCCNc1ccc2ccccc2n1)NCC1(CCOC)CCCC1. The van der Waals surface area contributed by atoms with E-state index in [1.807, 2.05) is 31.3 Å². The Bertz CT molecular complexity index is 770. The Morgan fingerprint density at radius 1 is 1.11 bits per heavy atom. The largest absolute Gasteiger partial charge is 0.385 e. The predicted octanol–water partition coefficient (Wildman–Crippen LogP) is 3.41. The molecule has 6 nitrogen and oxygen atoms in total. The van der Waals surface area contributed by atoms with Gasteiger partial charge in [0.15, 0.2) is 5.96 Å². The van der Waals surface area contributed by atoms with Gasteiger partial charge in [-0.1, -0.05) is 31.0 Å². The molecular weight excluding hydrogens is 350 g/mol. The zero-order chi connectivity index (χ0) is 19.7. The monoisotopic (exact) mass is 383 g/mol. The van der Waals surface area contributed by atoms with Crippen LogP contribution in [0.25, 0.3) is 10.9 Å². The maximum absolute atomic E-state index is 5.32. The van der Waals surface area contributed by atoms with E-state index in [4.69, 9.17) is 4.74 Å². The lowest BCUT2D eigenvalue weighted by Gasteiger charge is -2.30. The molecule has 28 heavy (non-hydrogen) atoms. The van der Waals surface area contributed by atoms with E-state index in [0.717, 1.165) is 55.3 Å². The highest BCUT2D eigenvalue weighted by Gasteiger charge is 2.33. The highest BCUT2D eigenvalue weighted by molar-refractivity contribution is 5.80. The smallest absolute Gasteiger partial charge is 0.191 e. The summed E-state index contributed by atoms with van der Waals surface area (Å²) in [6.07, 6.45) is 6.30. The van der Waals surface area contributed by atoms with E-state index in [0.29, 0.717) is 5.41 Å². The van der Waals surface area contributed by atoms with Crippen molar-refractivity contribution in [1.82, 2.24) is 15.6 Å². The molecule has 0 radical (unpaired) electrons. The molecule has 152 valence electrons. The maximum Gasteiger partial charge on any atom is 0.191 e. The van der Waals surface area contributed by atoms with Gasteiger partial charge in [-0.3, -0.25) is 4.99 Å². The highest BCUT2D eigenvalue weighted by atomic mass is 16.5. The van der Waals surface area contributed by atoms with Gasteiger partial charge in [-0.05, 0) is 42.9 Å². The number of methoxy groups -OCH3 is 1. The topological polar surface area (TPSA) is 70.6 Å². The van der Waals surface area contributed by atoms with Gasteiger partial charge in [-0.15, -0.1) is 0 Å². The van der Waals surface area contributed by atoms with Crippen molar-refractivity contribution in [3.05, 3.63) is 36.4 Å². The Hall–Kier alpha value is -2.34. The Balaban J connectivity index is 1.42. The molecule has 0 saturated heterocycles. The maximum atomic E-state index is 5.32. The van der Waals surface area contributed by atoms with E-state index in [9.17, 15) is 0 Å². The minimum Gasteiger partial charge on any atom is -0.385 e. The molecule has 1 aromatic heterocycles. The molecule has 0 amide bonds. The molecule has 1 heterocycles. The van der Waals surface area contributed by atoms with Crippen molar-refractivity contribution in [1.29, 1.82) is 0 Å². The first-order valence-corrected chi connectivity index (χ1v) is 10.3. The number of pyridine rings is 1. The van der Waals surface area contributed by atoms with Crippen LogP contribution in [0.3, 0.4) is 0 Å². The molecule has 1 fully saturated rings. The Labute approximate surface area is 168 Å². The van der Waals surface area contributed by atoms with Crippen LogP contribution in [0, 0.1) is 5.41 Å². The van der Waals surface area contributed by atoms with Gasteiger partial charge in [0.1, 0.15) is 5.82 Å². The molecule has 1 aromatic carbocycles. The van der Waals surface area contributed by atoms with E-state index >= 15 is 0 Å². The number of para-hydroxylation sites is 1. The molecule has 3 rings (SSSR count). The first kappa shape index (κ1) is 20.4. The first-order chi connectivity index (χ1) is 13.7. The Morgan fingerprint density at radius 2 is 1.93 bits per heavy atom. The van der Waals surface area contributed by atoms with E-state index in [1.165, 1.54) is 25.7 Å². The normalized spacial score (nSPS) is 16.3. The van der Waals surface area contributed by atoms with Crippen LogP contribution in [0.1, 0.15) is 32.1 Å². The number of fused-ring (bicyclic) bond motifs is 1. The summed E-state index contributed by atoms with van der Waals surface area (Å²) in [4.78, 5) is 9.01. The zero-order valence-corrected chi connectivity index (χ0v) is 17.1. The number of guanidine groups is 1. The molecule has 2 aromatic rings. The quantitative estimate of drug-likeness (QED) is 0.352. The molecule has 1 aliphatic rings. The number of nitrogens with zero attached hydrogens (tertiary/aromatic N) is 2. The first-order valence-electron chi connectivity index (χ1n) is 10.3. The number of rotatable bonds is 9. The molecule has 1 aliphatic carbocycles. The molecule has 1 saturated carbocycles. The molecule has 0 spiro atoms. The number of benzene rings is 1. The van der Waals surface area contributed by atoms with Crippen LogP contribution in [0.5, 0.6) is 0 Å². The van der Waals surface area contributed by atoms with Gasteiger partial charge in [0, 0.05) is 45.8 Å².